The molecule has 0 saturated carbocycles. The molecule has 1 N–H and O–H groups in total. The van der Waals surface area contributed by atoms with Gasteiger partial charge in [0.25, 0.3) is 0 Å². The average molecular weight is 197 g/mol. The van der Waals surface area contributed by atoms with E-state index in [-0.39, 0.29) is 0 Å². The van der Waals surface area contributed by atoms with Crippen LogP contribution in [0.3, 0.4) is 0 Å². The van der Waals surface area contributed by atoms with Crippen LogP contribution in [-0.2, 0) is 0 Å². The number of allylic oxidation sites excluding steroid dienone is 1. The van der Waals surface area contributed by atoms with Crippen molar-refractivity contribution >= 4 is 11.6 Å². The zero-order chi connectivity index (χ0) is 9.68. The summed E-state index contributed by atoms with van der Waals surface area (Å²) in [5.74, 6) is 0. The fourth-order valence-corrected chi connectivity index (χ4v) is 1.17. The number of aliphatic hydroxyl groups is 1. The number of hydrogen-bond acceptors (Lipinski definition) is 1. The maximum atomic E-state index is 9.67. The Morgan fingerprint density at radius 1 is 1.46 bits per heavy atom. The number of halogens is 1. The first-order valence-electron chi connectivity index (χ1n) is 4.25. The lowest BCUT2D eigenvalue weighted by molar-refractivity contribution is 0.181. The molecule has 0 fully saturated rings. The lowest BCUT2D eigenvalue weighted by atomic mass is 10.1. The van der Waals surface area contributed by atoms with E-state index < -0.39 is 6.10 Å². The molecule has 0 aliphatic carbocycles. The topological polar surface area (TPSA) is 20.2 Å². The minimum absolute atomic E-state index is 0.449. The molecule has 0 amide bonds. The van der Waals surface area contributed by atoms with E-state index >= 15 is 0 Å². The summed E-state index contributed by atoms with van der Waals surface area (Å²) < 4.78 is 0. The molecule has 0 radical (unpaired) electrons. The van der Waals surface area contributed by atoms with Crippen LogP contribution >= 0.6 is 11.6 Å². The van der Waals surface area contributed by atoms with Crippen molar-refractivity contribution < 1.29 is 5.11 Å². The minimum Gasteiger partial charge on any atom is -0.388 e. The molecule has 0 aromatic heterocycles. The molecular weight excluding hydrogens is 184 g/mol. The summed E-state index contributed by atoms with van der Waals surface area (Å²) in [5, 5.41) is 10.4. The third-order valence-corrected chi connectivity index (χ3v) is 1.96. The van der Waals surface area contributed by atoms with Crippen LogP contribution in [0.5, 0.6) is 0 Å². The highest BCUT2D eigenvalue weighted by molar-refractivity contribution is 6.29. The maximum Gasteiger partial charge on any atom is 0.0824 e. The van der Waals surface area contributed by atoms with E-state index in [1.807, 2.05) is 36.4 Å². The first-order valence-corrected chi connectivity index (χ1v) is 4.63. The quantitative estimate of drug-likeness (QED) is 0.787. The Kier molecular flexibility index (Phi) is 4.00. The van der Waals surface area contributed by atoms with Crippen molar-refractivity contribution in [2.45, 2.75) is 19.4 Å². The van der Waals surface area contributed by atoms with Crippen LogP contribution in [-0.4, -0.2) is 5.11 Å². The van der Waals surface area contributed by atoms with Crippen molar-refractivity contribution in [3.05, 3.63) is 47.0 Å². The number of rotatable bonds is 3. The first kappa shape index (κ1) is 10.3. The van der Waals surface area contributed by atoms with Crippen molar-refractivity contribution in [1.82, 2.24) is 0 Å². The number of benzene rings is 1. The first-order chi connectivity index (χ1) is 6.20. The molecule has 0 aliphatic rings. The van der Waals surface area contributed by atoms with Gasteiger partial charge in [-0.25, -0.2) is 0 Å². The summed E-state index contributed by atoms with van der Waals surface area (Å²) in [6.07, 6.45) is 1.94. The van der Waals surface area contributed by atoms with Gasteiger partial charge in [-0.05, 0) is 18.9 Å². The molecule has 0 aliphatic heterocycles. The summed E-state index contributed by atoms with van der Waals surface area (Å²) in [5.41, 5.74) is 0.927. The summed E-state index contributed by atoms with van der Waals surface area (Å²) in [4.78, 5) is 0. The van der Waals surface area contributed by atoms with Gasteiger partial charge in [0.1, 0.15) is 0 Å². The van der Waals surface area contributed by atoms with Crippen LogP contribution in [0.2, 0.25) is 0 Å². The molecule has 13 heavy (non-hydrogen) atoms. The second-order valence-corrected chi connectivity index (χ2v) is 3.55. The van der Waals surface area contributed by atoms with Crippen molar-refractivity contribution in [3.63, 3.8) is 0 Å². The Morgan fingerprint density at radius 3 is 2.62 bits per heavy atom. The standard InChI is InChI=1S/C11H13ClO/c1-9(12)7-8-11(13)10-5-3-2-4-6-10/h2-7,11,13H,8H2,1H3/b9-7-. The van der Waals surface area contributed by atoms with Gasteiger partial charge < -0.3 is 5.11 Å². The zero-order valence-electron chi connectivity index (χ0n) is 7.57. The second-order valence-electron chi connectivity index (χ2n) is 2.95. The Labute approximate surface area is 83.7 Å². The Balaban J connectivity index is 2.59. The highest BCUT2D eigenvalue weighted by Gasteiger charge is 2.03. The van der Waals surface area contributed by atoms with Gasteiger partial charge in [0.15, 0.2) is 0 Å². The van der Waals surface area contributed by atoms with Gasteiger partial charge in [0.05, 0.1) is 6.10 Å². The molecule has 0 saturated heterocycles. The minimum atomic E-state index is -0.449. The SMILES string of the molecule is C/C(Cl)=C/CC(O)c1ccccc1. The van der Waals surface area contributed by atoms with Crippen molar-refractivity contribution in [1.29, 1.82) is 0 Å². The summed E-state index contributed by atoms with van der Waals surface area (Å²) in [6.45, 7) is 1.80. The largest absolute Gasteiger partial charge is 0.388 e. The van der Waals surface area contributed by atoms with Crippen molar-refractivity contribution in [3.8, 4) is 0 Å². The molecular formula is C11H13ClO. The van der Waals surface area contributed by atoms with Gasteiger partial charge in [-0.2, -0.15) is 0 Å². The van der Waals surface area contributed by atoms with E-state index in [9.17, 15) is 5.11 Å². The number of hydrogen-bond donors (Lipinski definition) is 1. The monoisotopic (exact) mass is 196 g/mol. The van der Waals surface area contributed by atoms with Crippen molar-refractivity contribution in [2.24, 2.45) is 0 Å². The van der Waals surface area contributed by atoms with Crippen LogP contribution in [0.4, 0.5) is 0 Å². The normalized spacial score (nSPS) is 14.2. The summed E-state index contributed by atoms with van der Waals surface area (Å²) in [7, 11) is 0. The molecule has 0 heterocycles. The second kappa shape index (κ2) is 5.05. The van der Waals surface area contributed by atoms with Crippen LogP contribution in [0.15, 0.2) is 41.4 Å². The molecule has 1 nitrogen and oxygen atoms in total. The predicted octanol–water partition coefficient (Wildman–Crippen LogP) is 3.25. The van der Waals surface area contributed by atoms with E-state index in [1.54, 1.807) is 6.92 Å². The molecule has 1 atom stereocenters. The average Bonchev–Trinajstić information content (AvgIpc) is 2.15. The van der Waals surface area contributed by atoms with E-state index in [2.05, 4.69) is 0 Å². The van der Waals surface area contributed by atoms with E-state index in [1.165, 1.54) is 0 Å². The Bertz CT molecular complexity index is 275. The molecule has 2 heteroatoms. The Hall–Kier alpha value is -0.790. The fraction of sp³-hybridized carbons (Fsp3) is 0.273. The third kappa shape index (κ3) is 3.62. The van der Waals surface area contributed by atoms with Gasteiger partial charge in [-0.1, -0.05) is 48.0 Å². The smallest absolute Gasteiger partial charge is 0.0824 e. The van der Waals surface area contributed by atoms with Gasteiger partial charge in [0.2, 0.25) is 0 Å². The molecule has 0 bridgehead atoms. The molecule has 70 valence electrons. The van der Waals surface area contributed by atoms with E-state index in [0.29, 0.717) is 6.42 Å². The highest BCUT2D eigenvalue weighted by atomic mass is 35.5. The fourth-order valence-electron chi connectivity index (χ4n) is 1.09. The van der Waals surface area contributed by atoms with Gasteiger partial charge >= 0.3 is 0 Å². The van der Waals surface area contributed by atoms with E-state index in [0.717, 1.165) is 10.6 Å². The lowest BCUT2D eigenvalue weighted by Gasteiger charge is -2.07. The van der Waals surface area contributed by atoms with Crippen LogP contribution in [0.1, 0.15) is 25.0 Å². The highest BCUT2D eigenvalue weighted by Crippen LogP contribution is 2.17. The third-order valence-electron chi connectivity index (χ3n) is 1.81. The van der Waals surface area contributed by atoms with Gasteiger partial charge in [0, 0.05) is 5.03 Å². The van der Waals surface area contributed by atoms with Crippen LogP contribution in [0, 0.1) is 0 Å². The molecule has 0 spiro atoms. The maximum absolute atomic E-state index is 9.67. The van der Waals surface area contributed by atoms with E-state index in [4.69, 9.17) is 11.6 Å². The zero-order valence-corrected chi connectivity index (χ0v) is 8.33. The summed E-state index contributed by atoms with van der Waals surface area (Å²) >= 11 is 5.66. The van der Waals surface area contributed by atoms with Gasteiger partial charge in [-0.3, -0.25) is 0 Å². The lowest BCUT2D eigenvalue weighted by Crippen LogP contribution is -1.94. The van der Waals surface area contributed by atoms with Crippen LogP contribution < -0.4 is 0 Å². The Morgan fingerprint density at radius 2 is 2.08 bits per heavy atom. The van der Waals surface area contributed by atoms with Gasteiger partial charge in [-0.15, -0.1) is 0 Å². The number of aliphatic hydroxyl groups excluding tert-OH is 1. The summed E-state index contributed by atoms with van der Waals surface area (Å²) in [6, 6.07) is 9.56. The predicted molar refractivity (Wildman–Crippen MR) is 55.6 cm³/mol. The van der Waals surface area contributed by atoms with Crippen LogP contribution in [0.25, 0.3) is 0 Å². The molecule has 1 aromatic rings. The molecule has 1 unspecified atom stereocenters. The molecule has 1 rings (SSSR count). The van der Waals surface area contributed by atoms with Crippen molar-refractivity contribution in [2.75, 3.05) is 0 Å². The molecule has 1 aromatic carbocycles.